The molecule has 136 valence electrons. The molecule has 0 unspecified atom stereocenters. The van der Waals surface area contributed by atoms with Gasteiger partial charge in [0.2, 0.25) is 0 Å². The van der Waals surface area contributed by atoms with Crippen LogP contribution in [0.4, 0.5) is 5.69 Å². The van der Waals surface area contributed by atoms with Gasteiger partial charge in [-0.3, -0.25) is 9.80 Å². The zero-order valence-electron chi connectivity index (χ0n) is 15.5. The van der Waals surface area contributed by atoms with Crippen molar-refractivity contribution in [3.05, 3.63) is 77.9 Å². The molecule has 0 aliphatic carbocycles. The van der Waals surface area contributed by atoms with Gasteiger partial charge in [-0.25, -0.2) is 0 Å². The maximum absolute atomic E-state index is 12.4. The summed E-state index contributed by atoms with van der Waals surface area (Å²) < 4.78 is 0. The summed E-state index contributed by atoms with van der Waals surface area (Å²) in [6.07, 6.45) is 1.81. The molecule has 4 nitrogen and oxygen atoms in total. The monoisotopic (exact) mass is 357 g/mol. The molecule has 0 saturated heterocycles. The lowest BCUT2D eigenvalue weighted by molar-refractivity contribution is 0.0954. The van der Waals surface area contributed by atoms with E-state index in [1.807, 2.05) is 42.3 Å². The van der Waals surface area contributed by atoms with E-state index in [4.69, 9.17) is 0 Å². The smallest absolute Gasteiger partial charge is 0.251 e. The fourth-order valence-corrected chi connectivity index (χ4v) is 3.47. The summed E-state index contributed by atoms with van der Waals surface area (Å²) in [5.74, 6) is -0.0390. The Morgan fingerprint density at radius 3 is 2.59 bits per heavy atom. The van der Waals surface area contributed by atoms with Crippen molar-refractivity contribution in [3.63, 3.8) is 0 Å². The lowest BCUT2D eigenvalue weighted by atomic mass is 10.0. The first-order valence-electron chi connectivity index (χ1n) is 9.37. The zero-order valence-corrected chi connectivity index (χ0v) is 15.5. The highest BCUT2D eigenvalue weighted by Gasteiger charge is 2.13. The minimum atomic E-state index is -0.0390. The largest absolute Gasteiger partial charge is 0.352 e. The van der Waals surface area contributed by atoms with Crippen molar-refractivity contribution in [2.24, 2.45) is 5.10 Å². The number of hydrogen-bond donors (Lipinski definition) is 1. The van der Waals surface area contributed by atoms with Crippen LogP contribution in [0.3, 0.4) is 0 Å². The molecular formula is C23H23N3O. The fourth-order valence-electron chi connectivity index (χ4n) is 3.47. The number of benzene rings is 3. The Hall–Kier alpha value is -3.14. The number of nitrogens with zero attached hydrogens (tertiary/aromatic N) is 2. The van der Waals surface area contributed by atoms with Gasteiger partial charge in [0.05, 0.1) is 5.69 Å². The third-order valence-electron chi connectivity index (χ3n) is 4.96. The van der Waals surface area contributed by atoms with E-state index in [-0.39, 0.29) is 5.91 Å². The SMILES string of the molecule is CC1=NN(c2ccc(C(=O)NCCc3cccc4ccccc34)cc2)CC1. The molecule has 1 aliphatic heterocycles. The Morgan fingerprint density at radius 1 is 1.04 bits per heavy atom. The molecule has 0 aromatic heterocycles. The first kappa shape index (κ1) is 17.3. The average molecular weight is 357 g/mol. The maximum atomic E-state index is 12.4. The highest BCUT2D eigenvalue weighted by Crippen LogP contribution is 2.20. The highest BCUT2D eigenvalue weighted by molar-refractivity contribution is 5.94. The molecule has 1 amide bonds. The van der Waals surface area contributed by atoms with Crippen LogP contribution in [0.25, 0.3) is 10.8 Å². The van der Waals surface area contributed by atoms with E-state index in [0.717, 1.165) is 30.8 Å². The van der Waals surface area contributed by atoms with E-state index in [1.54, 1.807) is 0 Å². The number of rotatable bonds is 5. The molecule has 0 bridgehead atoms. The third kappa shape index (κ3) is 3.85. The van der Waals surface area contributed by atoms with E-state index in [2.05, 4.69) is 46.8 Å². The van der Waals surface area contributed by atoms with Crippen LogP contribution in [-0.4, -0.2) is 24.7 Å². The Kier molecular flexibility index (Phi) is 4.88. The van der Waals surface area contributed by atoms with E-state index < -0.39 is 0 Å². The van der Waals surface area contributed by atoms with Crippen molar-refractivity contribution >= 4 is 28.1 Å². The Labute approximate surface area is 159 Å². The second-order valence-electron chi connectivity index (χ2n) is 6.90. The van der Waals surface area contributed by atoms with Gasteiger partial charge in [-0.1, -0.05) is 42.5 Å². The normalized spacial score (nSPS) is 13.7. The summed E-state index contributed by atoms with van der Waals surface area (Å²) in [6.45, 7) is 3.56. The molecular weight excluding hydrogens is 334 g/mol. The third-order valence-corrected chi connectivity index (χ3v) is 4.96. The standard InChI is InChI=1S/C23H23N3O/c1-17-14-16-26(25-17)21-11-9-20(10-12-21)23(27)24-15-13-19-7-4-6-18-5-2-3-8-22(18)19/h2-12H,13-16H2,1H3,(H,24,27). The summed E-state index contributed by atoms with van der Waals surface area (Å²) >= 11 is 0. The van der Waals surface area contributed by atoms with Gasteiger partial charge < -0.3 is 5.32 Å². The van der Waals surface area contributed by atoms with Crippen LogP contribution in [0.2, 0.25) is 0 Å². The average Bonchev–Trinajstić information content (AvgIpc) is 3.14. The predicted octanol–water partition coefficient (Wildman–Crippen LogP) is 4.40. The van der Waals surface area contributed by atoms with E-state index in [1.165, 1.54) is 16.3 Å². The van der Waals surface area contributed by atoms with Gasteiger partial charge in [0.1, 0.15) is 0 Å². The molecule has 27 heavy (non-hydrogen) atoms. The molecule has 1 N–H and O–H groups in total. The van der Waals surface area contributed by atoms with Gasteiger partial charge in [-0.2, -0.15) is 5.10 Å². The number of nitrogens with one attached hydrogen (secondary N) is 1. The molecule has 4 rings (SSSR count). The second kappa shape index (κ2) is 7.62. The number of hydrogen-bond acceptors (Lipinski definition) is 3. The first-order chi connectivity index (χ1) is 13.2. The van der Waals surface area contributed by atoms with Crippen molar-refractivity contribution in [1.29, 1.82) is 0 Å². The lowest BCUT2D eigenvalue weighted by Gasteiger charge is -2.14. The fraction of sp³-hybridized carbons (Fsp3) is 0.217. The van der Waals surface area contributed by atoms with Gasteiger partial charge in [-0.15, -0.1) is 0 Å². The number of anilines is 1. The minimum absolute atomic E-state index is 0.0390. The van der Waals surface area contributed by atoms with Gasteiger partial charge >= 0.3 is 0 Å². The first-order valence-corrected chi connectivity index (χ1v) is 9.37. The van der Waals surface area contributed by atoms with Gasteiger partial charge in [0, 0.05) is 30.8 Å². The summed E-state index contributed by atoms with van der Waals surface area (Å²) in [7, 11) is 0. The van der Waals surface area contributed by atoms with Crippen molar-refractivity contribution in [1.82, 2.24) is 5.32 Å². The summed E-state index contributed by atoms with van der Waals surface area (Å²) in [6, 6.07) is 22.3. The summed E-state index contributed by atoms with van der Waals surface area (Å²) in [5, 5.41) is 12.0. The lowest BCUT2D eigenvalue weighted by Crippen LogP contribution is -2.25. The molecule has 0 spiro atoms. The van der Waals surface area contributed by atoms with Crippen LogP contribution in [-0.2, 0) is 6.42 Å². The van der Waals surface area contributed by atoms with E-state index >= 15 is 0 Å². The Morgan fingerprint density at radius 2 is 1.81 bits per heavy atom. The van der Waals surface area contributed by atoms with Crippen LogP contribution in [0, 0.1) is 0 Å². The zero-order chi connectivity index (χ0) is 18.6. The van der Waals surface area contributed by atoms with Crippen molar-refractivity contribution < 1.29 is 4.79 Å². The molecule has 1 heterocycles. The number of amides is 1. The molecule has 0 radical (unpaired) electrons. The van der Waals surface area contributed by atoms with Crippen molar-refractivity contribution in [3.8, 4) is 0 Å². The molecule has 3 aromatic rings. The summed E-state index contributed by atoms with van der Waals surface area (Å²) in [5.41, 5.74) is 4.10. The quantitative estimate of drug-likeness (QED) is 0.736. The molecule has 0 atom stereocenters. The predicted molar refractivity (Wildman–Crippen MR) is 111 cm³/mol. The van der Waals surface area contributed by atoms with Crippen LogP contribution >= 0.6 is 0 Å². The van der Waals surface area contributed by atoms with Crippen LogP contribution in [0.1, 0.15) is 29.3 Å². The van der Waals surface area contributed by atoms with E-state index in [0.29, 0.717) is 12.1 Å². The summed E-state index contributed by atoms with van der Waals surface area (Å²) in [4.78, 5) is 12.4. The molecule has 0 saturated carbocycles. The number of carbonyl (C=O) groups excluding carboxylic acids is 1. The minimum Gasteiger partial charge on any atom is -0.352 e. The van der Waals surface area contributed by atoms with Gasteiger partial charge in [0.25, 0.3) is 5.91 Å². The number of fused-ring (bicyclic) bond motifs is 1. The van der Waals surface area contributed by atoms with Crippen LogP contribution in [0.5, 0.6) is 0 Å². The van der Waals surface area contributed by atoms with Gasteiger partial charge in [-0.05, 0) is 53.9 Å². The van der Waals surface area contributed by atoms with Crippen LogP contribution in [0.15, 0.2) is 71.8 Å². The molecule has 4 heteroatoms. The van der Waals surface area contributed by atoms with Crippen molar-refractivity contribution in [2.45, 2.75) is 19.8 Å². The Balaban J connectivity index is 1.36. The topological polar surface area (TPSA) is 44.7 Å². The number of carbonyl (C=O) groups is 1. The molecule has 0 fully saturated rings. The van der Waals surface area contributed by atoms with Crippen molar-refractivity contribution in [2.75, 3.05) is 18.1 Å². The van der Waals surface area contributed by atoms with Gasteiger partial charge in [0.15, 0.2) is 0 Å². The molecule has 3 aromatic carbocycles. The molecule has 1 aliphatic rings. The van der Waals surface area contributed by atoms with E-state index in [9.17, 15) is 4.79 Å². The van der Waals surface area contributed by atoms with Crippen LogP contribution < -0.4 is 10.3 Å². The Bertz CT molecular complexity index is 987. The maximum Gasteiger partial charge on any atom is 0.251 e. The second-order valence-corrected chi connectivity index (χ2v) is 6.90. The highest BCUT2D eigenvalue weighted by atomic mass is 16.1. The number of hydrazone groups is 1.